The summed E-state index contributed by atoms with van der Waals surface area (Å²) in [6, 6.07) is 0.452. The number of pyridine rings is 1. The molecule has 1 aromatic rings. The highest BCUT2D eigenvalue weighted by Gasteiger charge is 2.33. The molecule has 1 unspecified atom stereocenters. The summed E-state index contributed by atoms with van der Waals surface area (Å²) in [4.78, 5) is 20.6. The third-order valence-electron chi connectivity index (χ3n) is 4.16. The van der Waals surface area contributed by atoms with E-state index in [2.05, 4.69) is 25.8 Å². The summed E-state index contributed by atoms with van der Waals surface area (Å²) >= 11 is 3.59. The van der Waals surface area contributed by atoms with E-state index in [1.807, 2.05) is 24.2 Å². The Labute approximate surface area is 121 Å². The van der Waals surface area contributed by atoms with E-state index in [0.29, 0.717) is 12.5 Å². The highest BCUT2D eigenvalue weighted by molar-refractivity contribution is 9.10. The summed E-state index contributed by atoms with van der Waals surface area (Å²) in [5, 5.41) is 0. The molecule has 1 amide bonds. The second-order valence-electron chi connectivity index (χ2n) is 5.20. The van der Waals surface area contributed by atoms with Gasteiger partial charge >= 0.3 is 0 Å². The molecule has 3 rings (SSSR count). The van der Waals surface area contributed by atoms with E-state index in [-0.39, 0.29) is 5.91 Å². The fraction of sp³-hybridized carbons (Fsp3) is 0.571. The number of hydrogen-bond acceptors (Lipinski definition) is 3. The number of rotatable bonds is 1. The van der Waals surface area contributed by atoms with Crippen LogP contribution >= 0.6 is 15.9 Å². The third-order valence-corrected chi connectivity index (χ3v) is 4.84. The van der Waals surface area contributed by atoms with Crippen LogP contribution in [0.3, 0.4) is 0 Å². The van der Waals surface area contributed by atoms with Gasteiger partial charge in [0.05, 0.1) is 11.9 Å². The van der Waals surface area contributed by atoms with Gasteiger partial charge in [-0.25, -0.2) is 0 Å². The molecule has 1 fully saturated rings. The van der Waals surface area contributed by atoms with Gasteiger partial charge in [0.15, 0.2) is 0 Å². The zero-order valence-electron chi connectivity index (χ0n) is 11.1. The zero-order chi connectivity index (χ0) is 13.4. The van der Waals surface area contributed by atoms with Crippen molar-refractivity contribution in [2.45, 2.75) is 32.2 Å². The molecule has 0 saturated carbocycles. The molecule has 0 N–H and O–H groups in total. The lowest BCUT2D eigenvalue weighted by Gasteiger charge is -2.46. The SMILES string of the molecule is CCC(=O)N1CCN2c3cncc(Br)c3CCC2C1. The Hall–Kier alpha value is -1.10. The number of hydrogen-bond donors (Lipinski definition) is 0. The number of aromatic nitrogens is 1. The standard InChI is InChI=1S/C14H18BrN3O/c1-2-14(19)17-5-6-18-10(9-17)3-4-11-12(15)7-16-8-13(11)18/h7-8,10H,2-6,9H2,1H3. The number of nitrogens with zero attached hydrogens (tertiary/aromatic N) is 3. The smallest absolute Gasteiger partial charge is 0.222 e. The summed E-state index contributed by atoms with van der Waals surface area (Å²) in [5.41, 5.74) is 2.61. The van der Waals surface area contributed by atoms with Crippen molar-refractivity contribution in [3.63, 3.8) is 0 Å². The molecule has 1 aromatic heterocycles. The molecule has 0 bridgehead atoms. The van der Waals surface area contributed by atoms with Gasteiger partial charge < -0.3 is 9.80 Å². The molecule has 19 heavy (non-hydrogen) atoms. The minimum Gasteiger partial charge on any atom is -0.363 e. The first-order valence-electron chi connectivity index (χ1n) is 6.87. The Morgan fingerprint density at radius 1 is 1.47 bits per heavy atom. The van der Waals surface area contributed by atoms with Crippen molar-refractivity contribution in [3.8, 4) is 0 Å². The Bertz CT molecular complexity index is 505. The summed E-state index contributed by atoms with van der Waals surface area (Å²) < 4.78 is 1.11. The third kappa shape index (κ3) is 2.24. The maximum Gasteiger partial charge on any atom is 0.222 e. The fourth-order valence-corrected chi connectivity index (χ4v) is 3.65. The number of carbonyl (C=O) groups excluding carboxylic acids is 1. The largest absolute Gasteiger partial charge is 0.363 e. The van der Waals surface area contributed by atoms with E-state index in [1.165, 1.54) is 11.3 Å². The molecule has 4 nitrogen and oxygen atoms in total. The van der Waals surface area contributed by atoms with E-state index < -0.39 is 0 Å². The molecule has 2 aliphatic heterocycles. The van der Waals surface area contributed by atoms with Gasteiger partial charge in [-0.1, -0.05) is 6.92 Å². The molecule has 0 radical (unpaired) electrons. The predicted octanol–water partition coefficient (Wildman–Crippen LogP) is 2.22. The summed E-state index contributed by atoms with van der Waals surface area (Å²) in [6.45, 7) is 4.54. The highest BCUT2D eigenvalue weighted by Crippen LogP contribution is 2.35. The van der Waals surface area contributed by atoms with Gasteiger partial charge in [0.25, 0.3) is 0 Å². The summed E-state index contributed by atoms with van der Waals surface area (Å²) in [7, 11) is 0. The normalized spacial score (nSPS) is 21.9. The number of piperazine rings is 1. The van der Waals surface area contributed by atoms with E-state index in [9.17, 15) is 4.79 Å². The second kappa shape index (κ2) is 5.12. The van der Waals surface area contributed by atoms with Crippen LogP contribution in [-0.4, -0.2) is 41.5 Å². The Balaban J connectivity index is 1.84. The van der Waals surface area contributed by atoms with Gasteiger partial charge in [0, 0.05) is 42.8 Å². The van der Waals surface area contributed by atoms with Gasteiger partial charge in [0.1, 0.15) is 0 Å². The molecular formula is C14H18BrN3O. The monoisotopic (exact) mass is 323 g/mol. The van der Waals surface area contributed by atoms with Crippen LogP contribution < -0.4 is 4.90 Å². The topological polar surface area (TPSA) is 36.4 Å². The Kier molecular flexibility index (Phi) is 3.48. The van der Waals surface area contributed by atoms with E-state index in [4.69, 9.17) is 0 Å². The van der Waals surface area contributed by atoms with Crippen LogP contribution in [0.5, 0.6) is 0 Å². The molecule has 1 saturated heterocycles. The van der Waals surface area contributed by atoms with Crippen molar-refractivity contribution in [3.05, 3.63) is 22.4 Å². The molecular weight excluding hydrogens is 306 g/mol. The van der Waals surface area contributed by atoms with Crippen LogP contribution in [0.15, 0.2) is 16.9 Å². The van der Waals surface area contributed by atoms with Crippen molar-refractivity contribution in [1.29, 1.82) is 0 Å². The number of amides is 1. The average Bonchev–Trinajstić information content (AvgIpc) is 2.46. The number of anilines is 1. The number of fused-ring (bicyclic) bond motifs is 3. The number of carbonyl (C=O) groups is 1. The Morgan fingerprint density at radius 3 is 3.11 bits per heavy atom. The first-order chi connectivity index (χ1) is 9.20. The molecule has 1 atom stereocenters. The molecule has 0 spiro atoms. The summed E-state index contributed by atoms with van der Waals surface area (Å²) in [6.07, 6.45) is 6.62. The molecule has 102 valence electrons. The van der Waals surface area contributed by atoms with Crippen molar-refractivity contribution >= 4 is 27.5 Å². The highest BCUT2D eigenvalue weighted by atomic mass is 79.9. The van der Waals surface area contributed by atoms with Crippen molar-refractivity contribution in [1.82, 2.24) is 9.88 Å². The van der Waals surface area contributed by atoms with Crippen LogP contribution in [0.2, 0.25) is 0 Å². The lowest BCUT2D eigenvalue weighted by atomic mass is 9.95. The van der Waals surface area contributed by atoms with E-state index in [0.717, 1.165) is 36.9 Å². The lowest BCUT2D eigenvalue weighted by molar-refractivity contribution is -0.131. The molecule has 0 aromatic carbocycles. The van der Waals surface area contributed by atoms with Crippen LogP contribution in [0.1, 0.15) is 25.3 Å². The first kappa shape index (κ1) is 12.9. The van der Waals surface area contributed by atoms with E-state index >= 15 is 0 Å². The number of halogens is 1. The van der Waals surface area contributed by atoms with Crippen LogP contribution in [0, 0.1) is 0 Å². The fourth-order valence-electron chi connectivity index (χ4n) is 3.13. The van der Waals surface area contributed by atoms with Crippen LogP contribution in [-0.2, 0) is 11.2 Å². The maximum absolute atomic E-state index is 11.8. The minimum atomic E-state index is 0.276. The average molecular weight is 324 g/mol. The van der Waals surface area contributed by atoms with Gasteiger partial charge in [0.2, 0.25) is 5.91 Å². The van der Waals surface area contributed by atoms with Crippen molar-refractivity contribution in [2.75, 3.05) is 24.5 Å². The zero-order valence-corrected chi connectivity index (χ0v) is 12.7. The van der Waals surface area contributed by atoms with Gasteiger partial charge in [-0.3, -0.25) is 9.78 Å². The van der Waals surface area contributed by atoms with Gasteiger partial charge in [-0.15, -0.1) is 0 Å². The quantitative estimate of drug-likeness (QED) is 0.795. The molecule has 5 heteroatoms. The predicted molar refractivity (Wildman–Crippen MR) is 78.3 cm³/mol. The second-order valence-corrected chi connectivity index (χ2v) is 6.05. The first-order valence-corrected chi connectivity index (χ1v) is 7.66. The van der Waals surface area contributed by atoms with Gasteiger partial charge in [-0.05, 0) is 34.3 Å². The van der Waals surface area contributed by atoms with Crippen molar-refractivity contribution in [2.24, 2.45) is 0 Å². The van der Waals surface area contributed by atoms with Crippen molar-refractivity contribution < 1.29 is 4.79 Å². The molecule has 0 aliphatic carbocycles. The molecule has 3 heterocycles. The van der Waals surface area contributed by atoms with Crippen LogP contribution in [0.4, 0.5) is 5.69 Å². The molecule has 2 aliphatic rings. The van der Waals surface area contributed by atoms with Crippen LogP contribution in [0.25, 0.3) is 0 Å². The Morgan fingerprint density at radius 2 is 2.32 bits per heavy atom. The summed E-state index contributed by atoms with van der Waals surface area (Å²) in [5.74, 6) is 0.276. The van der Waals surface area contributed by atoms with Gasteiger partial charge in [-0.2, -0.15) is 0 Å². The maximum atomic E-state index is 11.8. The minimum absolute atomic E-state index is 0.276. The lowest BCUT2D eigenvalue weighted by Crippen LogP contribution is -2.56. The van der Waals surface area contributed by atoms with E-state index in [1.54, 1.807) is 0 Å².